The highest BCUT2D eigenvalue weighted by atomic mass is 16.5. The van der Waals surface area contributed by atoms with Gasteiger partial charge in [-0.1, -0.05) is 61.5 Å². The fourth-order valence-corrected chi connectivity index (χ4v) is 3.07. The van der Waals surface area contributed by atoms with E-state index < -0.39 is 23.8 Å². The van der Waals surface area contributed by atoms with E-state index in [1.165, 1.54) is 0 Å². The number of nitrogens with one attached hydrogen (secondary N) is 2. The van der Waals surface area contributed by atoms with Crippen molar-refractivity contribution in [2.75, 3.05) is 6.61 Å². The van der Waals surface area contributed by atoms with Gasteiger partial charge in [0.2, 0.25) is 0 Å². The fraction of sp³-hybridized carbons (Fsp3) is 0.318. The maximum Gasteiger partial charge on any atom is 0.323 e. The molecule has 7 heteroatoms. The van der Waals surface area contributed by atoms with E-state index in [0.717, 1.165) is 16.7 Å². The number of ether oxygens (including phenoxy) is 1. The standard InChI is InChI=1S/C22H27N3O4/c1-3-29-22(28)15(2)13-19(24-20(26)21(27)25-23)14-16-9-11-18(12-10-16)17-7-5-4-6-8-17/h4-12,15,19H,3,13-14,23H2,1-2H3,(H,24,26)(H,25,27)/t15-,19+/m1/s1. The van der Waals surface area contributed by atoms with E-state index in [0.29, 0.717) is 12.8 Å². The third-order valence-corrected chi connectivity index (χ3v) is 4.54. The van der Waals surface area contributed by atoms with Crippen LogP contribution in [0.4, 0.5) is 0 Å². The first-order chi connectivity index (χ1) is 13.9. The normalized spacial score (nSPS) is 12.5. The highest BCUT2D eigenvalue weighted by Gasteiger charge is 2.24. The Labute approximate surface area is 170 Å². The lowest BCUT2D eigenvalue weighted by Gasteiger charge is -2.21. The quantitative estimate of drug-likeness (QED) is 0.207. The molecule has 0 bridgehead atoms. The first-order valence-corrected chi connectivity index (χ1v) is 9.57. The van der Waals surface area contributed by atoms with Gasteiger partial charge in [0.15, 0.2) is 0 Å². The van der Waals surface area contributed by atoms with Gasteiger partial charge in [0.1, 0.15) is 0 Å². The molecule has 29 heavy (non-hydrogen) atoms. The zero-order valence-corrected chi connectivity index (χ0v) is 16.7. The molecule has 0 heterocycles. The summed E-state index contributed by atoms with van der Waals surface area (Å²) in [4.78, 5) is 35.4. The number of nitrogens with two attached hydrogens (primary N) is 1. The maximum atomic E-state index is 12.0. The third-order valence-electron chi connectivity index (χ3n) is 4.54. The lowest BCUT2D eigenvalue weighted by molar-refractivity contribution is -0.148. The number of rotatable bonds is 8. The molecule has 0 saturated heterocycles. The summed E-state index contributed by atoms with van der Waals surface area (Å²) in [5.41, 5.74) is 4.98. The van der Waals surface area contributed by atoms with Gasteiger partial charge < -0.3 is 10.1 Å². The van der Waals surface area contributed by atoms with E-state index in [9.17, 15) is 14.4 Å². The third kappa shape index (κ3) is 6.73. The van der Waals surface area contributed by atoms with E-state index in [2.05, 4.69) is 5.32 Å². The molecular weight excluding hydrogens is 370 g/mol. The molecule has 2 aromatic rings. The monoisotopic (exact) mass is 397 g/mol. The Morgan fingerprint density at radius 2 is 1.59 bits per heavy atom. The number of benzene rings is 2. The first-order valence-electron chi connectivity index (χ1n) is 9.57. The summed E-state index contributed by atoms with van der Waals surface area (Å²) in [5.74, 6) is 2.49. The number of hydrazine groups is 1. The minimum absolute atomic E-state index is 0.288. The topological polar surface area (TPSA) is 111 Å². The Kier molecular flexibility index (Phi) is 8.36. The van der Waals surface area contributed by atoms with Gasteiger partial charge in [0.25, 0.3) is 0 Å². The zero-order valence-electron chi connectivity index (χ0n) is 16.7. The Balaban J connectivity index is 2.12. The number of amides is 2. The Morgan fingerprint density at radius 1 is 0.966 bits per heavy atom. The minimum Gasteiger partial charge on any atom is -0.466 e. The summed E-state index contributed by atoms with van der Waals surface area (Å²) < 4.78 is 5.04. The second kappa shape index (κ2) is 11.0. The predicted molar refractivity (Wildman–Crippen MR) is 110 cm³/mol. The van der Waals surface area contributed by atoms with E-state index in [-0.39, 0.29) is 12.6 Å². The molecule has 0 spiro atoms. The van der Waals surface area contributed by atoms with Crippen LogP contribution >= 0.6 is 0 Å². The summed E-state index contributed by atoms with van der Waals surface area (Å²) in [5, 5.41) is 2.65. The lowest BCUT2D eigenvalue weighted by Crippen LogP contribution is -2.48. The van der Waals surface area contributed by atoms with Crippen molar-refractivity contribution in [3.05, 3.63) is 60.2 Å². The summed E-state index contributed by atoms with van der Waals surface area (Å²) in [6, 6.07) is 17.5. The second-order valence-corrected chi connectivity index (χ2v) is 6.80. The summed E-state index contributed by atoms with van der Waals surface area (Å²) >= 11 is 0. The van der Waals surface area contributed by atoms with Crippen molar-refractivity contribution in [1.82, 2.24) is 10.7 Å². The van der Waals surface area contributed by atoms with Gasteiger partial charge >= 0.3 is 17.8 Å². The highest BCUT2D eigenvalue weighted by Crippen LogP contribution is 2.20. The van der Waals surface area contributed by atoms with Gasteiger partial charge in [0, 0.05) is 6.04 Å². The molecule has 0 unspecified atom stereocenters. The van der Waals surface area contributed by atoms with Crippen molar-refractivity contribution in [2.45, 2.75) is 32.7 Å². The van der Waals surface area contributed by atoms with Crippen molar-refractivity contribution in [1.29, 1.82) is 0 Å². The molecule has 2 aromatic carbocycles. The fourth-order valence-electron chi connectivity index (χ4n) is 3.07. The van der Waals surface area contributed by atoms with E-state index in [4.69, 9.17) is 10.6 Å². The number of carbonyl (C=O) groups excluding carboxylic acids is 3. The molecule has 0 radical (unpaired) electrons. The molecule has 0 aromatic heterocycles. The van der Waals surface area contributed by atoms with Crippen molar-refractivity contribution < 1.29 is 19.1 Å². The minimum atomic E-state index is -0.932. The molecule has 0 aliphatic rings. The van der Waals surface area contributed by atoms with Crippen LogP contribution in [0.3, 0.4) is 0 Å². The van der Waals surface area contributed by atoms with Crippen LogP contribution in [0, 0.1) is 5.92 Å². The molecular formula is C22H27N3O4. The van der Waals surface area contributed by atoms with Crippen LogP contribution in [-0.2, 0) is 25.5 Å². The second-order valence-electron chi connectivity index (χ2n) is 6.80. The van der Waals surface area contributed by atoms with Gasteiger partial charge in [-0.2, -0.15) is 0 Å². The van der Waals surface area contributed by atoms with Gasteiger partial charge in [-0.25, -0.2) is 5.84 Å². The molecule has 0 aliphatic carbocycles. The molecule has 0 aliphatic heterocycles. The smallest absolute Gasteiger partial charge is 0.323 e. The van der Waals surface area contributed by atoms with Crippen LogP contribution in [0.25, 0.3) is 11.1 Å². The van der Waals surface area contributed by atoms with Crippen LogP contribution in [0.15, 0.2) is 54.6 Å². The van der Waals surface area contributed by atoms with Crippen molar-refractivity contribution in [2.24, 2.45) is 11.8 Å². The average Bonchev–Trinajstić information content (AvgIpc) is 2.74. The molecule has 2 atom stereocenters. The molecule has 154 valence electrons. The van der Waals surface area contributed by atoms with E-state index in [1.807, 2.05) is 60.0 Å². The average molecular weight is 397 g/mol. The predicted octanol–water partition coefficient (Wildman–Crippen LogP) is 1.96. The number of esters is 1. The van der Waals surface area contributed by atoms with Gasteiger partial charge in [-0.3, -0.25) is 19.8 Å². The van der Waals surface area contributed by atoms with E-state index in [1.54, 1.807) is 13.8 Å². The Bertz CT molecular complexity index is 822. The zero-order chi connectivity index (χ0) is 21.2. The molecule has 7 nitrogen and oxygen atoms in total. The van der Waals surface area contributed by atoms with Crippen LogP contribution < -0.4 is 16.6 Å². The molecule has 0 saturated carbocycles. The highest BCUT2D eigenvalue weighted by molar-refractivity contribution is 6.34. The van der Waals surface area contributed by atoms with Crippen LogP contribution in [0.1, 0.15) is 25.8 Å². The molecule has 2 amide bonds. The molecule has 0 fully saturated rings. The number of carbonyl (C=O) groups is 3. The van der Waals surface area contributed by atoms with E-state index >= 15 is 0 Å². The first kappa shape index (κ1) is 22.1. The largest absolute Gasteiger partial charge is 0.466 e. The van der Waals surface area contributed by atoms with Crippen LogP contribution in [0.2, 0.25) is 0 Å². The maximum absolute atomic E-state index is 12.0. The van der Waals surface area contributed by atoms with Crippen LogP contribution in [-0.4, -0.2) is 30.4 Å². The van der Waals surface area contributed by atoms with Crippen molar-refractivity contribution >= 4 is 17.8 Å². The Hall–Kier alpha value is -3.19. The molecule has 4 N–H and O–H groups in total. The van der Waals surface area contributed by atoms with Gasteiger partial charge in [0.05, 0.1) is 12.5 Å². The lowest BCUT2D eigenvalue weighted by atomic mass is 9.95. The van der Waals surface area contributed by atoms with Crippen molar-refractivity contribution in [3.63, 3.8) is 0 Å². The summed E-state index contributed by atoms with van der Waals surface area (Å²) in [6.45, 7) is 3.76. The van der Waals surface area contributed by atoms with Crippen LogP contribution in [0.5, 0.6) is 0 Å². The number of hydrogen-bond donors (Lipinski definition) is 3. The summed E-state index contributed by atoms with van der Waals surface area (Å²) in [7, 11) is 0. The van der Waals surface area contributed by atoms with Crippen molar-refractivity contribution in [3.8, 4) is 11.1 Å². The molecule has 2 rings (SSSR count). The summed E-state index contributed by atoms with van der Waals surface area (Å²) in [6.07, 6.45) is 0.797. The Morgan fingerprint density at radius 3 is 2.17 bits per heavy atom. The van der Waals surface area contributed by atoms with Gasteiger partial charge in [-0.15, -0.1) is 0 Å². The van der Waals surface area contributed by atoms with Gasteiger partial charge in [-0.05, 0) is 36.5 Å². The number of hydrogen-bond acceptors (Lipinski definition) is 5. The SMILES string of the molecule is CCOC(=O)[C@H](C)C[C@@H](Cc1ccc(-c2ccccc2)cc1)NC(=O)C(=O)NN.